The normalized spacial score (nSPS) is 20.4. The van der Waals surface area contributed by atoms with E-state index in [0.717, 1.165) is 27.8 Å². The third-order valence-corrected chi connectivity index (χ3v) is 5.40. The summed E-state index contributed by atoms with van der Waals surface area (Å²) >= 11 is 0. The van der Waals surface area contributed by atoms with E-state index < -0.39 is 0 Å². The summed E-state index contributed by atoms with van der Waals surface area (Å²) in [6.07, 6.45) is 10.2. The van der Waals surface area contributed by atoms with Crippen molar-refractivity contribution in [2.24, 2.45) is 0 Å². The Morgan fingerprint density at radius 2 is 1.85 bits per heavy atom. The molecule has 26 heavy (non-hydrogen) atoms. The van der Waals surface area contributed by atoms with Crippen LogP contribution < -0.4 is 5.32 Å². The highest BCUT2D eigenvalue weighted by atomic mass is 15.1. The molecule has 2 aromatic heterocycles. The van der Waals surface area contributed by atoms with Gasteiger partial charge in [0.05, 0.1) is 5.52 Å². The van der Waals surface area contributed by atoms with Crippen molar-refractivity contribution in [2.45, 2.75) is 37.8 Å². The van der Waals surface area contributed by atoms with Crippen LogP contribution in [0.1, 0.15) is 25.7 Å². The fraction of sp³-hybridized carbons (Fsp3) is 0.381. The van der Waals surface area contributed by atoms with Gasteiger partial charge in [-0.3, -0.25) is 4.98 Å². The van der Waals surface area contributed by atoms with E-state index in [1.165, 1.54) is 25.7 Å². The molecule has 1 aliphatic carbocycles. The summed E-state index contributed by atoms with van der Waals surface area (Å²) in [5.41, 5.74) is 3.22. The van der Waals surface area contributed by atoms with Gasteiger partial charge in [-0.15, -0.1) is 0 Å². The monoisotopic (exact) mass is 347 g/mol. The van der Waals surface area contributed by atoms with Crippen molar-refractivity contribution < 1.29 is 0 Å². The van der Waals surface area contributed by atoms with E-state index in [4.69, 9.17) is 0 Å². The van der Waals surface area contributed by atoms with E-state index in [1.54, 1.807) is 12.5 Å². The van der Waals surface area contributed by atoms with E-state index in [-0.39, 0.29) is 0 Å². The molecular weight excluding hydrogens is 322 g/mol. The van der Waals surface area contributed by atoms with Crippen LogP contribution >= 0.6 is 0 Å². The minimum atomic E-state index is 0.478. The van der Waals surface area contributed by atoms with Gasteiger partial charge in [-0.05, 0) is 63.5 Å². The fourth-order valence-corrected chi connectivity index (χ4v) is 3.81. The average molecular weight is 347 g/mol. The number of nitrogens with one attached hydrogen (secondary N) is 1. The second kappa shape index (κ2) is 7.38. The molecule has 1 aliphatic rings. The Balaban J connectivity index is 1.59. The first-order chi connectivity index (χ1) is 12.7. The summed E-state index contributed by atoms with van der Waals surface area (Å²) in [7, 11) is 4.35. The molecule has 3 aromatic rings. The van der Waals surface area contributed by atoms with Crippen LogP contribution in [-0.4, -0.2) is 46.0 Å². The molecule has 0 amide bonds. The molecular formula is C21H25N5. The lowest BCUT2D eigenvalue weighted by Gasteiger charge is -2.33. The van der Waals surface area contributed by atoms with Crippen molar-refractivity contribution in [3.05, 3.63) is 49.1 Å². The Morgan fingerprint density at radius 3 is 2.58 bits per heavy atom. The third-order valence-electron chi connectivity index (χ3n) is 5.40. The van der Waals surface area contributed by atoms with Gasteiger partial charge >= 0.3 is 0 Å². The predicted octanol–water partition coefficient (Wildman–Crippen LogP) is 3.98. The van der Waals surface area contributed by atoms with Gasteiger partial charge in [-0.2, -0.15) is 0 Å². The average Bonchev–Trinajstić information content (AvgIpc) is 2.69. The van der Waals surface area contributed by atoms with E-state index >= 15 is 0 Å². The first-order valence-corrected chi connectivity index (χ1v) is 9.29. The van der Waals surface area contributed by atoms with Crippen LogP contribution in [-0.2, 0) is 0 Å². The Hall–Kier alpha value is -2.53. The van der Waals surface area contributed by atoms with Gasteiger partial charge in [0.15, 0.2) is 0 Å². The summed E-state index contributed by atoms with van der Waals surface area (Å²) < 4.78 is 0. The summed E-state index contributed by atoms with van der Waals surface area (Å²) in [4.78, 5) is 15.5. The van der Waals surface area contributed by atoms with Gasteiger partial charge in [0.1, 0.15) is 12.1 Å². The zero-order valence-electron chi connectivity index (χ0n) is 15.4. The van der Waals surface area contributed by atoms with E-state index in [0.29, 0.717) is 12.1 Å². The number of nitrogens with zero attached hydrogens (tertiary/aromatic N) is 4. The van der Waals surface area contributed by atoms with Crippen molar-refractivity contribution >= 4 is 16.7 Å². The Bertz CT molecular complexity index is 870. The number of aromatic nitrogens is 3. The van der Waals surface area contributed by atoms with Crippen molar-refractivity contribution in [1.82, 2.24) is 19.9 Å². The molecule has 0 spiro atoms. The Kier molecular flexibility index (Phi) is 4.80. The van der Waals surface area contributed by atoms with Crippen molar-refractivity contribution in [1.29, 1.82) is 0 Å². The molecule has 0 aliphatic heterocycles. The fourth-order valence-electron chi connectivity index (χ4n) is 3.81. The molecule has 5 nitrogen and oxygen atoms in total. The minimum absolute atomic E-state index is 0.478. The molecule has 0 atom stereocenters. The number of anilines is 1. The summed E-state index contributed by atoms with van der Waals surface area (Å²) in [6, 6.07) is 11.5. The molecule has 0 unspecified atom stereocenters. The molecule has 0 saturated heterocycles. The van der Waals surface area contributed by atoms with Crippen LogP contribution in [0.3, 0.4) is 0 Å². The standard InChI is InChI=1S/C21H25N5/c1-26(2)18-8-6-17(7-9-18)25-21-19-12-15(16-4-3-11-22-13-16)5-10-20(19)23-14-24-21/h3-5,10-14,17-18H,6-9H2,1-2H3,(H,23,24,25)/t17-,18-. The molecule has 5 heteroatoms. The largest absolute Gasteiger partial charge is 0.367 e. The summed E-state index contributed by atoms with van der Waals surface area (Å²) in [5.74, 6) is 0.939. The van der Waals surface area contributed by atoms with Crippen molar-refractivity contribution in [3.8, 4) is 11.1 Å². The number of hydrogen-bond donors (Lipinski definition) is 1. The number of hydrogen-bond acceptors (Lipinski definition) is 5. The lowest BCUT2D eigenvalue weighted by Crippen LogP contribution is -2.36. The highest BCUT2D eigenvalue weighted by Gasteiger charge is 2.23. The molecule has 4 rings (SSSR count). The predicted molar refractivity (Wildman–Crippen MR) is 106 cm³/mol. The van der Waals surface area contributed by atoms with Crippen LogP contribution in [0.5, 0.6) is 0 Å². The molecule has 1 N–H and O–H groups in total. The van der Waals surface area contributed by atoms with Crippen LogP contribution in [0.25, 0.3) is 22.0 Å². The Morgan fingerprint density at radius 1 is 1.00 bits per heavy atom. The van der Waals surface area contributed by atoms with Gasteiger partial charge in [0.25, 0.3) is 0 Å². The highest BCUT2D eigenvalue weighted by Crippen LogP contribution is 2.29. The minimum Gasteiger partial charge on any atom is -0.367 e. The first kappa shape index (κ1) is 16.9. The molecule has 2 heterocycles. The van der Waals surface area contributed by atoms with Crippen LogP contribution in [0.2, 0.25) is 0 Å². The number of pyridine rings is 1. The van der Waals surface area contributed by atoms with Crippen LogP contribution in [0, 0.1) is 0 Å². The van der Waals surface area contributed by atoms with E-state index in [9.17, 15) is 0 Å². The maximum Gasteiger partial charge on any atom is 0.137 e. The van der Waals surface area contributed by atoms with Gasteiger partial charge in [-0.25, -0.2) is 9.97 Å². The maximum atomic E-state index is 4.54. The summed E-state index contributed by atoms with van der Waals surface area (Å²) in [6.45, 7) is 0. The lowest BCUT2D eigenvalue weighted by molar-refractivity contribution is 0.221. The maximum absolute atomic E-state index is 4.54. The van der Waals surface area contributed by atoms with Crippen LogP contribution in [0.15, 0.2) is 49.1 Å². The number of rotatable bonds is 4. The van der Waals surface area contributed by atoms with Gasteiger partial charge < -0.3 is 10.2 Å². The molecule has 0 bridgehead atoms. The van der Waals surface area contributed by atoms with Gasteiger partial charge in [-0.1, -0.05) is 12.1 Å². The number of fused-ring (bicyclic) bond motifs is 1. The molecule has 1 saturated carbocycles. The molecule has 1 fully saturated rings. The smallest absolute Gasteiger partial charge is 0.137 e. The van der Waals surface area contributed by atoms with Crippen LogP contribution in [0.4, 0.5) is 5.82 Å². The lowest BCUT2D eigenvalue weighted by atomic mass is 9.90. The molecule has 134 valence electrons. The SMILES string of the molecule is CN(C)[C@H]1CC[C@H](Nc2ncnc3ccc(-c4cccnc4)cc23)CC1. The zero-order chi connectivity index (χ0) is 17.9. The second-order valence-electron chi connectivity index (χ2n) is 7.31. The quantitative estimate of drug-likeness (QED) is 0.774. The second-order valence-corrected chi connectivity index (χ2v) is 7.31. The van der Waals surface area contributed by atoms with Gasteiger partial charge in [0.2, 0.25) is 0 Å². The third kappa shape index (κ3) is 3.53. The zero-order valence-corrected chi connectivity index (χ0v) is 15.4. The molecule has 1 aromatic carbocycles. The van der Waals surface area contributed by atoms with E-state index in [1.807, 2.05) is 12.3 Å². The number of benzene rings is 1. The van der Waals surface area contributed by atoms with Crippen molar-refractivity contribution in [3.63, 3.8) is 0 Å². The van der Waals surface area contributed by atoms with Crippen molar-refractivity contribution in [2.75, 3.05) is 19.4 Å². The summed E-state index contributed by atoms with van der Waals surface area (Å²) in [5, 5.41) is 4.75. The molecule has 0 radical (unpaired) electrons. The van der Waals surface area contributed by atoms with Gasteiger partial charge in [0, 0.05) is 35.4 Å². The highest BCUT2D eigenvalue weighted by molar-refractivity contribution is 5.92. The Labute approximate surface area is 154 Å². The van der Waals surface area contributed by atoms with E-state index in [2.05, 4.69) is 63.5 Å². The topological polar surface area (TPSA) is 53.9 Å². The first-order valence-electron chi connectivity index (χ1n) is 9.29.